The summed E-state index contributed by atoms with van der Waals surface area (Å²) >= 11 is 0. The van der Waals surface area contributed by atoms with Gasteiger partial charge in [-0.15, -0.1) is 6.58 Å². The van der Waals surface area contributed by atoms with Crippen molar-refractivity contribution in [1.29, 1.82) is 0 Å². The first-order valence-electron chi connectivity index (χ1n) is 3.74. The predicted molar refractivity (Wildman–Crippen MR) is 43.6 cm³/mol. The van der Waals surface area contributed by atoms with E-state index in [4.69, 9.17) is 10.5 Å². The fourth-order valence-corrected chi connectivity index (χ4v) is 0.802. The number of rotatable bonds is 5. The van der Waals surface area contributed by atoms with Crippen LogP contribution >= 0.6 is 0 Å². The Balaban J connectivity index is 3.49. The lowest BCUT2D eigenvalue weighted by Crippen LogP contribution is -2.25. The molecule has 0 aromatic heterocycles. The van der Waals surface area contributed by atoms with E-state index in [2.05, 4.69) is 13.5 Å². The third kappa shape index (κ3) is 4.53. The van der Waals surface area contributed by atoms with E-state index in [0.29, 0.717) is 0 Å². The quantitative estimate of drug-likeness (QED) is 0.469. The Hall–Kier alpha value is -0.340. The Morgan fingerprint density at radius 2 is 2.30 bits per heavy atom. The summed E-state index contributed by atoms with van der Waals surface area (Å²) in [5, 5.41) is 0. The fourth-order valence-electron chi connectivity index (χ4n) is 0.802. The van der Waals surface area contributed by atoms with E-state index < -0.39 is 0 Å². The Morgan fingerprint density at radius 3 is 2.60 bits per heavy atom. The van der Waals surface area contributed by atoms with Gasteiger partial charge in [0.25, 0.3) is 0 Å². The molecule has 2 nitrogen and oxygen atoms in total. The Bertz CT molecular complexity index is 91.3. The van der Waals surface area contributed by atoms with E-state index >= 15 is 0 Å². The summed E-state index contributed by atoms with van der Waals surface area (Å²) in [7, 11) is 0. The maximum Gasteiger partial charge on any atom is 0.103 e. The van der Waals surface area contributed by atoms with Gasteiger partial charge in [0.2, 0.25) is 0 Å². The minimum Gasteiger partial charge on any atom is -0.357 e. The highest BCUT2D eigenvalue weighted by Gasteiger charge is 2.03. The van der Waals surface area contributed by atoms with Gasteiger partial charge in [-0.1, -0.05) is 19.4 Å². The lowest BCUT2D eigenvalue weighted by atomic mass is 10.2. The van der Waals surface area contributed by atoms with E-state index in [-0.39, 0.29) is 12.3 Å². The van der Waals surface area contributed by atoms with Crippen LogP contribution in [-0.2, 0) is 4.74 Å². The lowest BCUT2D eigenvalue weighted by molar-refractivity contribution is 0.0240. The summed E-state index contributed by atoms with van der Waals surface area (Å²) in [6.45, 7) is 7.59. The Labute approximate surface area is 63.1 Å². The van der Waals surface area contributed by atoms with Gasteiger partial charge in [-0.3, -0.25) is 0 Å². The molecule has 0 saturated heterocycles. The maximum atomic E-state index is 5.43. The van der Waals surface area contributed by atoms with Crippen LogP contribution in [0.3, 0.4) is 0 Å². The van der Waals surface area contributed by atoms with Crippen LogP contribution in [0.4, 0.5) is 0 Å². The van der Waals surface area contributed by atoms with Crippen molar-refractivity contribution in [3.63, 3.8) is 0 Å². The molecule has 2 heteroatoms. The van der Waals surface area contributed by atoms with E-state index in [9.17, 15) is 0 Å². The normalized spacial score (nSPS) is 16.3. The predicted octanol–water partition coefficient (Wildman–Crippen LogP) is 1.66. The summed E-state index contributed by atoms with van der Waals surface area (Å²) in [4.78, 5) is 0. The zero-order chi connectivity index (χ0) is 7.98. The van der Waals surface area contributed by atoms with Crippen molar-refractivity contribution in [3.8, 4) is 0 Å². The fraction of sp³-hybridized carbons (Fsp3) is 0.750. The molecule has 0 radical (unpaired) electrons. The Kier molecular flexibility index (Phi) is 5.26. The van der Waals surface area contributed by atoms with Crippen LogP contribution in [0.1, 0.15) is 26.7 Å². The third-order valence-corrected chi connectivity index (χ3v) is 1.23. The Morgan fingerprint density at radius 1 is 1.70 bits per heavy atom. The molecule has 0 aromatic carbocycles. The molecular weight excluding hydrogens is 126 g/mol. The van der Waals surface area contributed by atoms with Crippen LogP contribution in [0.25, 0.3) is 0 Å². The zero-order valence-corrected chi connectivity index (χ0v) is 6.84. The molecule has 2 atom stereocenters. The molecule has 0 aliphatic carbocycles. The average molecular weight is 143 g/mol. The molecule has 0 aliphatic heterocycles. The van der Waals surface area contributed by atoms with Crippen molar-refractivity contribution in [3.05, 3.63) is 12.7 Å². The van der Waals surface area contributed by atoms with Gasteiger partial charge in [0.15, 0.2) is 0 Å². The third-order valence-electron chi connectivity index (χ3n) is 1.23. The second-order valence-corrected chi connectivity index (χ2v) is 2.40. The van der Waals surface area contributed by atoms with Crippen molar-refractivity contribution in [1.82, 2.24) is 0 Å². The van der Waals surface area contributed by atoms with Crippen LogP contribution < -0.4 is 5.73 Å². The number of ether oxygens (including phenoxy) is 1. The van der Waals surface area contributed by atoms with Gasteiger partial charge in [0, 0.05) is 0 Å². The molecule has 60 valence electrons. The molecule has 0 heterocycles. The first kappa shape index (κ1) is 9.66. The first-order chi connectivity index (χ1) is 4.70. The molecule has 2 unspecified atom stereocenters. The summed E-state index contributed by atoms with van der Waals surface area (Å²) in [6.07, 6.45) is 3.85. The van der Waals surface area contributed by atoms with Crippen molar-refractivity contribution < 1.29 is 4.74 Å². The molecule has 0 bridgehead atoms. The summed E-state index contributed by atoms with van der Waals surface area (Å²) < 4.78 is 5.30. The van der Waals surface area contributed by atoms with Crippen LogP contribution in [0.5, 0.6) is 0 Å². The highest BCUT2D eigenvalue weighted by molar-refractivity contribution is 4.79. The smallest absolute Gasteiger partial charge is 0.103 e. The minimum atomic E-state index is -0.186. The van der Waals surface area contributed by atoms with Crippen molar-refractivity contribution in [2.24, 2.45) is 5.73 Å². The summed E-state index contributed by atoms with van der Waals surface area (Å²) in [5.41, 5.74) is 5.43. The maximum absolute atomic E-state index is 5.43. The second kappa shape index (κ2) is 5.45. The van der Waals surface area contributed by atoms with Gasteiger partial charge in [0.05, 0.1) is 6.10 Å². The second-order valence-electron chi connectivity index (χ2n) is 2.40. The standard InChI is InChI=1S/C8H17NO/c1-4-6-8(5-2)10-7(3)9/h5,7-8H,2,4,6,9H2,1,3H3. The van der Waals surface area contributed by atoms with Crippen molar-refractivity contribution in [2.75, 3.05) is 0 Å². The van der Waals surface area contributed by atoms with E-state index in [1.807, 2.05) is 6.92 Å². The number of hydrogen-bond acceptors (Lipinski definition) is 2. The van der Waals surface area contributed by atoms with Gasteiger partial charge >= 0.3 is 0 Å². The van der Waals surface area contributed by atoms with E-state index in [0.717, 1.165) is 12.8 Å². The molecule has 0 spiro atoms. The molecule has 0 rings (SSSR count). The molecular formula is C8H17NO. The van der Waals surface area contributed by atoms with Gasteiger partial charge in [-0.25, -0.2) is 0 Å². The lowest BCUT2D eigenvalue weighted by Gasteiger charge is -2.15. The highest BCUT2D eigenvalue weighted by Crippen LogP contribution is 2.03. The van der Waals surface area contributed by atoms with Gasteiger partial charge < -0.3 is 10.5 Å². The molecule has 2 N–H and O–H groups in total. The number of hydrogen-bond donors (Lipinski definition) is 1. The zero-order valence-electron chi connectivity index (χ0n) is 6.84. The molecule has 0 amide bonds. The summed E-state index contributed by atoms with van der Waals surface area (Å²) in [5.74, 6) is 0. The minimum absolute atomic E-state index is 0.130. The van der Waals surface area contributed by atoms with Crippen LogP contribution in [-0.4, -0.2) is 12.3 Å². The van der Waals surface area contributed by atoms with Crippen molar-refractivity contribution >= 4 is 0 Å². The summed E-state index contributed by atoms with van der Waals surface area (Å²) in [6, 6.07) is 0. The van der Waals surface area contributed by atoms with Crippen LogP contribution in [0.15, 0.2) is 12.7 Å². The topological polar surface area (TPSA) is 35.2 Å². The van der Waals surface area contributed by atoms with Gasteiger partial charge in [-0.05, 0) is 13.3 Å². The van der Waals surface area contributed by atoms with E-state index in [1.54, 1.807) is 6.08 Å². The molecule has 10 heavy (non-hydrogen) atoms. The van der Waals surface area contributed by atoms with Gasteiger partial charge in [0.1, 0.15) is 6.23 Å². The molecule has 0 fully saturated rings. The first-order valence-corrected chi connectivity index (χ1v) is 3.74. The van der Waals surface area contributed by atoms with Gasteiger partial charge in [-0.2, -0.15) is 0 Å². The SMILES string of the molecule is C=CC(CCC)OC(C)N. The molecule has 0 aromatic rings. The van der Waals surface area contributed by atoms with Crippen LogP contribution in [0.2, 0.25) is 0 Å². The monoisotopic (exact) mass is 143 g/mol. The number of nitrogens with two attached hydrogens (primary N) is 1. The molecule has 0 saturated carbocycles. The molecule has 0 aliphatic rings. The highest BCUT2D eigenvalue weighted by atomic mass is 16.5. The van der Waals surface area contributed by atoms with E-state index in [1.165, 1.54) is 0 Å². The van der Waals surface area contributed by atoms with Crippen molar-refractivity contribution in [2.45, 2.75) is 39.0 Å². The van der Waals surface area contributed by atoms with Crippen LogP contribution in [0, 0.1) is 0 Å². The largest absolute Gasteiger partial charge is 0.357 e. The average Bonchev–Trinajstić information content (AvgIpc) is 1.86.